The zero-order chi connectivity index (χ0) is 22.5. The van der Waals surface area contributed by atoms with E-state index >= 15 is 0 Å². The third-order valence-electron chi connectivity index (χ3n) is 6.31. The van der Waals surface area contributed by atoms with Crippen LogP contribution in [0.5, 0.6) is 0 Å². The van der Waals surface area contributed by atoms with Crippen LogP contribution < -0.4 is 16.4 Å². The van der Waals surface area contributed by atoms with Crippen molar-refractivity contribution < 1.29 is 29.1 Å². The van der Waals surface area contributed by atoms with Crippen molar-refractivity contribution in [3.8, 4) is 0 Å². The Balaban J connectivity index is 0.00000363. The summed E-state index contributed by atoms with van der Waals surface area (Å²) in [6, 6.07) is -2.89. The molecule has 0 aromatic rings. The molecule has 11 nitrogen and oxygen atoms in total. The van der Waals surface area contributed by atoms with Gasteiger partial charge in [0.25, 0.3) is 0 Å². The lowest BCUT2D eigenvalue weighted by molar-refractivity contribution is -0.148. The number of aliphatic carboxylic acids is 1. The summed E-state index contributed by atoms with van der Waals surface area (Å²) in [7, 11) is 0. The van der Waals surface area contributed by atoms with Gasteiger partial charge in [-0.05, 0) is 51.5 Å². The highest BCUT2D eigenvalue weighted by molar-refractivity contribution is 5.95. The first-order valence-electron chi connectivity index (χ1n) is 11.0. The molecule has 0 aliphatic carbocycles. The average Bonchev–Trinajstić information content (AvgIpc) is 3.49. The Morgan fingerprint density at radius 3 is 2.16 bits per heavy atom. The number of carboxylic acid groups (broad SMARTS) is 1. The lowest BCUT2D eigenvalue weighted by Crippen LogP contribution is -2.56. The molecule has 0 spiro atoms. The van der Waals surface area contributed by atoms with E-state index in [1.54, 1.807) is 4.90 Å². The summed E-state index contributed by atoms with van der Waals surface area (Å²) in [5, 5.41) is 14.9. The van der Waals surface area contributed by atoms with E-state index in [9.17, 15) is 29.1 Å². The van der Waals surface area contributed by atoms with E-state index in [1.165, 1.54) is 4.90 Å². The molecule has 3 heterocycles. The van der Waals surface area contributed by atoms with E-state index in [4.69, 9.17) is 5.73 Å². The molecule has 180 valence electrons. The molecular weight excluding hydrogens is 442 g/mol. The second-order valence-electron chi connectivity index (χ2n) is 8.43. The summed E-state index contributed by atoms with van der Waals surface area (Å²) in [5.74, 6) is -2.80. The van der Waals surface area contributed by atoms with Crippen LogP contribution in [-0.2, 0) is 24.0 Å². The van der Waals surface area contributed by atoms with E-state index in [0.29, 0.717) is 32.4 Å². The fraction of sp³-hybridized carbons (Fsp3) is 0.750. The third kappa shape index (κ3) is 5.89. The zero-order valence-electron chi connectivity index (χ0n) is 18.0. The highest BCUT2D eigenvalue weighted by Crippen LogP contribution is 2.26. The quantitative estimate of drug-likeness (QED) is 0.350. The minimum atomic E-state index is -1.26. The predicted molar refractivity (Wildman–Crippen MR) is 116 cm³/mol. The van der Waals surface area contributed by atoms with Gasteiger partial charge in [-0.1, -0.05) is 0 Å². The molecule has 0 saturated carbocycles. The predicted octanol–water partition coefficient (Wildman–Crippen LogP) is -1.02. The first kappa shape index (κ1) is 25.9. The van der Waals surface area contributed by atoms with Gasteiger partial charge in [0.05, 0.1) is 6.04 Å². The van der Waals surface area contributed by atoms with Gasteiger partial charge in [0, 0.05) is 19.5 Å². The summed E-state index contributed by atoms with van der Waals surface area (Å²) in [6.07, 6.45) is 3.73. The number of primary amides is 1. The molecule has 0 bridgehead atoms. The SMILES string of the molecule is Cl.NC(=O)CCC(NC(=O)C1CCCN1C(=O)C1CCCN1C(=O)C1CCCN1)C(=O)O. The number of carbonyl (C=O) groups excluding carboxylic acids is 4. The van der Waals surface area contributed by atoms with E-state index in [0.717, 1.165) is 25.8 Å². The van der Waals surface area contributed by atoms with Crippen LogP contribution in [0, 0.1) is 0 Å². The van der Waals surface area contributed by atoms with Gasteiger partial charge in [-0.2, -0.15) is 0 Å². The van der Waals surface area contributed by atoms with Crippen molar-refractivity contribution in [2.75, 3.05) is 19.6 Å². The molecule has 4 unspecified atom stereocenters. The van der Waals surface area contributed by atoms with E-state index in [1.807, 2.05) is 0 Å². The van der Waals surface area contributed by atoms with Crippen LogP contribution in [0.25, 0.3) is 0 Å². The number of hydrogen-bond donors (Lipinski definition) is 4. The van der Waals surface area contributed by atoms with Gasteiger partial charge in [-0.25, -0.2) is 4.79 Å². The molecule has 5 N–H and O–H groups in total. The van der Waals surface area contributed by atoms with E-state index in [-0.39, 0.29) is 43.1 Å². The summed E-state index contributed by atoms with van der Waals surface area (Å²) in [6.45, 7) is 1.69. The average molecular weight is 474 g/mol. The fourth-order valence-corrected chi connectivity index (χ4v) is 4.69. The molecule has 0 radical (unpaired) electrons. The lowest BCUT2D eigenvalue weighted by Gasteiger charge is -2.32. The molecule has 4 amide bonds. The second kappa shape index (κ2) is 11.5. The van der Waals surface area contributed by atoms with E-state index < -0.39 is 35.9 Å². The Morgan fingerprint density at radius 1 is 0.969 bits per heavy atom. The molecule has 3 fully saturated rings. The summed E-state index contributed by atoms with van der Waals surface area (Å²) >= 11 is 0. The molecule has 3 rings (SSSR count). The van der Waals surface area contributed by atoms with Gasteiger partial charge in [0.2, 0.25) is 23.6 Å². The zero-order valence-corrected chi connectivity index (χ0v) is 18.8. The highest BCUT2D eigenvalue weighted by Gasteiger charge is 2.43. The number of carbonyl (C=O) groups is 5. The maximum Gasteiger partial charge on any atom is 0.326 e. The van der Waals surface area contributed by atoms with Crippen molar-refractivity contribution in [1.29, 1.82) is 0 Å². The smallest absolute Gasteiger partial charge is 0.326 e. The van der Waals surface area contributed by atoms with Crippen LogP contribution in [0.15, 0.2) is 0 Å². The molecule has 12 heteroatoms. The maximum atomic E-state index is 13.3. The Labute approximate surface area is 192 Å². The minimum absolute atomic E-state index is 0. The molecule has 3 saturated heterocycles. The molecule has 0 aromatic heterocycles. The fourth-order valence-electron chi connectivity index (χ4n) is 4.69. The van der Waals surface area contributed by atoms with Gasteiger partial charge >= 0.3 is 5.97 Å². The van der Waals surface area contributed by atoms with Gasteiger partial charge in [-0.15, -0.1) is 12.4 Å². The Bertz CT molecular complexity index is 744. The molecule has 0 aromatic carbocycles. The monoisotopic (exact) mass is 473 g/mol. The van der Waals surface area contributed by atoms with Crippen LogP contribution in [0.2, 0.25) is 0 Å². The molecule has 3 aliphatic rings. The second-order valence-corrected chi connectivity index (χ2v) is 8.43. The summed E-state index contributed by atoms with van der Waals surface area (Å²) in [4.78, 5) is 64.4. The summed E-state index contributed by atoms with van der Waals surface area (Å²) in [5.41, 5.74) is 5.07. The maximum absolute atomic E-state index is 13.3. The standard InChI is InChI=1S/C20H31N5O6.ClH/c21-16(26)8-7-13(20(30)31)23-17(27)14-5-2-10-24(14)19(29)15-6-3-11-25(15)18(28)12-4-1-9-22-12;/h12-15,22H,1-11H2,(H2,21,26)(H,23,27)(H,30,31);1H. The number of amides is 4. The van der Waals surface area contributed by atoms with Gasteiger partial charge in [0.15, 0.2) is 0 Å². The number of nitrogens with one attached hydrogen (secondary N) is 2. The molecule has 3 aliphatic heterocycles. The number of likely N-dealkylation sites (tertiary alicyclic amines) is 2. The van der Waals surface area contributed by atoms with Crippen LogP contribution >= 0.6 is 12.4 Å². The highest BCUT2D eigenvalue weighted by atomic mass is 35.5. The van der Waals surface area contributed by atoms with Crippen molar-refractivity contribution in [2.24, 2.45) is 5.73 Å². The van der Waals surface area contributed by atoms with Crippen molar-refractivity contribution in [3.05, 3.63) is 0 Å². The van der Waals surface area contributed by atoms with Crippen molar-refractivity contribution in [3.63, 3.8) is 0 Å². The first-order chi connectivity index (χ1) is 14.8. The van der Waals surface area contributed by atoms with Crippen LogP contribution in [-0.4, -0.2) is 88.3 Å². The molecule has 4 atom stereocenters. The Hall–Kier alpha value is -2.40. The molecular formula is C20H32ClN5O6. The molecule has 32 heavy (non-hydrogen) atoms. The van der Waals surface area contributed by atoms with Crippen molar-refractivity contribution >= 4 is 42.0 Å². The largest absolute Gasteiger partial charge is 0.480 e. The number of nitrogens with zero attached hydrogens (tertiary/aromatic N) is 2. The normalized spacial score (nSPS) is 25.8. The van der Waals surface area contributed by atoms with Crippen molar-refractivity contribution in [2.45, 2.75) is 75.5 Å². The minimum Gasteiger partial charge on any atom is -0.480 e. The summed E-state index contributed by atoms with van der Waals surface area (Å²) < 4.78 is 0. The first-order valence-corrected chi connectivity index (χ1v) is 11.0. The number of hydrogen-bond acceptors (Lipinski definition) is 6. The van der Waals surface area contributed by atoms with E-state index in [2.05, 4.69) is 10.6 Å². The van der Waals surface area contributed by atoms with Gasteiger partial charge in [-0.3, -0.25) is 19.2 Å². The Kier molecular flexibility index (Phi) is 9.26. The van der Waals surface area contributed by atoms with Gasteiger partial charge in [0.1, 0.15) is 18.1 Å². The van der Waals surface area contributed by atoms with Crippen molar-refractivity contribution in [1.82, 2.24) is 20.4 Å². The number of nitrogens with two attached hydrogens (primary N) is 1. The topological polar surface area (TPSA) is 162 Å². The number of rotatable bonds is 8. The third-order valence-corrected chi connectivity index (χ3v) is 6.31. The van der Waals surface area contributed by atoms with Crippen LogP contribution in [0.1, 0.15) is 51.4 Å². The van der Waals surface area contributed by atoms with Crippen LogP contribution in [0.3, 0.4) is 0 Å². The Morgan fingerprint density at radius 2 is 1.59 bits per heavy atom. The number of halogens is 1. The van der Waals surface area contributed by atoms with Crippen LogP contribution in [0.4, 0.5) is 0 Å². The lowest BCUT2D eigenvalue weighted by atomic mass is 10.1. The number of carboxylic acids is 1. The van der Waals surface area contributed by atoms with Gasteiger partial charge < -0.3 is 31.3 Å².